The van der Waals surface area contributed by atoms with Crippen molar-refractivity contribution in [2.24, 2.45) is 0 Å². The zero-order valence-corrected chi connectivity index (χ0v) is 12.1. The molecule has 1 saturated heterocycles. The Labute approximate surface area is 119 Å². The summed E-state index contributed by atoms with van der Waals surface area (Å²) < 4.78 is 17.7. The van der Waals surface area contributed by atoms with Gasteiger partial charge < -0.3 is 4.74 Å². The Morgan fingerprint density at radius 2 is 2.15 bits per heavy atom. The topological polar surface area (TPSA) is 38.3 Å². The highest BCUT2D eigenvalue weighted by molar-refractivity contribution is 5.81. The summed E-state index contributed by atoms with van der Waals surface area (Å²) in [6.45, 7) is 2.01. The highest BCUT2D eigenvalue weighted by Gasteiger charge is 2.43. The van der Waals surface area contributed by atoms with E-state index in [1.807, 2.05) is 19.1 Å². The molecule has 1 aliphatic heterocycles. The minimum Gasteiger partial charge on any atom is -0.468 e. The summed E-state index contributed by atoms with van der Waals surface area (Å²) in [5.41, 5.74) is 0.614. The number of esters is 1. The lowest BCUT2D eigenvalue weighted by molar-refractivity contribution is -0.148. The molecule has 0 amide bonds. The SMILES string of the molecule is CC[C@]1(C(=O)OC)CC[C@H](CCc2ccc(F)cc2)N1. The lowest BCUT2D eigenvalue weighted by atomic mass is 9.94. The Morgan fingerprint density at radius 3 is 2.75 bits per heavy atom. The van der Waals surface area contributed by atoms with Gasteiger partial charge in [-0.25, -0.2) is 4.39 Å². The van der Waals surface area contributed by atoms with Crippen LogP contribution in [0, 0.1) is 5.82 Å². The van der Waals surface area contributed by atoms with E-state index in [9.17, 15) is 9.18 Å². The van der Waals surface area contributed by atoms with Gasteiger partial charge in [-0.05, 0) is 49.8 Å². The van der Waals surface area contributed by atoms with Crippen LogP contribution in [-0.4, -0.2) is 24.7 Å². The summed E-state index contributed by atoms with van der Waals surface area (Å²) in [6.07, 6.45) is 4.38. The van der Waals surface area contributed by atoms with Gasteiger partial charge in [0.2, 0.25) is 0 Å². The van der Waals surface area contributed by atoms with E-state index in [4.69, 9.17) is 4.74 Å². The van der Waals surface area contributed by atoms with Crippen LogP contribution in [0.25, 0.3) is 0 Å². The lowest BCUT2D eigenvalue weighted by Crippen LogP contribution is -2.50. The molecule has 0 unspecified atom stereocenters. The molecule has 2 rings (SSSR count). The van der Waals surface area contributed by atoms with Crippen LogP contribution in [0.1, 0.15) is 38.2 Å². The lowest BCUT2D eigenvalue weighted by Gasteiger charge is -2.26. The Kier molecular flexibility index (Phi) is 4.76. The van der Waals surface area contributed by atoms with Crippen LogP contribution >= 0.6 is 0 Å². The molecule has 0 spiro atoms. The summed E-state index contributed by atoms with van der Waals surface area (Å²) >= 11 is 0. The van der Waals surface area contributed by atoms with E-state index in [1.165, 1.54) is 19.2 Å². The fourth-order valence-electron chi connectivity index (χ4n) is 2.94. The molecule has 1 heterocycles. The van der Waals surface area contributed by atoms with E-state index >= 15 is 0 Å². The van der Waals surface area contributed by atoms with Crippen LogP contribution in [0.4, 0.5) is 4.39 Å². The Bertz CT molecular complexity index is 460. The van der Waals surface area contributed by atoms with Crippen molar-refractivity contribution in [2.75, 3.05) is 7.11 Å². The molecule has 1 aromatic rings. The minimum absolute atomic E-state index is 0.163. The van der Waals surface area contributed by atoms with Gasteiger partial charge in [0.05, 0.1) is 7.11 Å². The molecule has 1 fully saturated rings. The number of ether oxygens (including phenoxy) is 1. The maximum absolute atomic E-state index is 12.8. The highest BCUT2D eigenvalue weighted by atomic mass is 19.1. The van der Waals surface area contributed by atoms with E-state index in [0.717, 1.165) is 37.7 Å². The molecule has 2 atom stereocenters. The number of rotatable bonds is 5. The first-order chi connectivity index (χ1) is 9.59. The predicted octanol–water partition coefficient (Wildman–Crippen LogP) is 2.83. The van der Waals surface area contributed by atoms with E-state index < -0.39 is 5.54 Å². The smallest absolute Gasteiger partial charge is 0.326 e. The third-order valence-corrected chi connectivity index (χ3v) is 4.27. The van der Waals surface area contributed by atoms with E-state index in [1.54, 1.807) is 0 Å². The van der Waals surface area contributed by atoms with Crippen molar-refractivity contribution in [3.63, 3.8) is 0 Å². The van der Waals surface area contributed by atoms with Gasteiger partial charge >= 0.3 is 5.97 Å². The average molecular weight is 279 g/mol. The maximum Gasteiger partial charge on any atom is 0.326 e. The molecule has 0 bridgehead atoms. The first-order valence-corrected chi connectivity index (χ1v) is 7.20. The quantitative estimate of drug-likeness (QED) is 0.842. The van der Waals surface area contributed by atoms with Gasteiger partial charge in [-0.2, -0.15) is 0 Å². The number of carbonyl (C=O) groups is 1. The molecule has 0 radical (unpaired) electrons. The number of carbonyl (C=O) groups excluding carboxylic acids is 1. The van der Waals surface area contributed by atoms with Crippen LogP contribution < -0.4 is 5.32 Å². The average Bonchev–Trinajstić information content (AvgIpc) is 2.91. The standard InChI is InChI=1S/C16H22FNO2/c1-3-16(15(19)20-2)11-10-14(18-16)9-6-12-4-7-13(17)8-5-12/h4-5,7-8,14,18H,3,6,9-11H2,1-2H3/t14-,16+/m0/s1. The summed E-state index contributed by atoms with van der Waals surface area (Å²) in [5.74, 6) is -0.368. The van der Waals surface area contributed by atoms with Crippen molar-refractivity contribution in [1.82, 2.24) is 5.32 Å². The molecule has 0 aliphatic carbocycles. The second-order valence-corrected chi connectivity index (χ2v) is 5.47. The van der Waals surface area contributed by atoms with Crippen molar-refractivity contribution < 1.29 is 13.9 Å². The number of halogens is 1. The zero-order chi connectivity index (χ0) is 14.6. The van der Waals surface area contributed by atoms with Gasteiger partial charge in [0.15, 0.2) is 0 Å². The summed E-state index contributed by atoms with van der Waals surface area (Å²) in [4.78, 5) is 11.9. The zero-order valence-electron chi connectivity index (χ0n) is 12.1. The van der Waals surface area contributed by atoms with E-state index in [-0.39, 0.29) is 11.8 Å². The van der Waals surface area contributed by atoms with Crippen molar-refractivity contribution in [3.8, 4) is 0 Å². The second kappa shape index (κ2) is 6.35. The van der Waals surface area contributed by atoms with E-state index in [0.29, 0.717) is 6.04 Å². The van der Waals surface area contributed by atoms with Crippen molar-refractivity contribution >= 4 is 5.97 Å². The molecular formula is C16H22FNO2. The molecule has 1 N–H and O–H groups in total. The number of hydrogen-bond acceptors (Lipinski definition) is 3. The molecule has 0 saturated carbocycles. The normalized spacial score (nSPS) is 25.6. The van der Waals surface area contributed by atoms with Crippen molar-refractivity contribution in [2.45, 2.75) is 50.6 Å². The predicted molar refractivity (Wildman–Crippen MR) is 75.9 cm³/mol. The monoisotopic (exact) mass is 279 g/mol. The largest absolute Gasteiger partial charge is 0.468 e. The van der Waals surface area contributed by atoms with Gasteiger partial charge in [0.25, 0.3) is 0 Å². The highest BCUT2D eigenvalue weighted by Crippen LogP contribution is 2.29. The van der Waals surface area contributed by atoms with Crippen LogP contribution in [0.15, 0.2) is 24.3 Å². The second-order valence-electron chi connectivity index (χ2n) is 5.47. The Morgan fingerprint density at radius 1 is 1.45 bits per heavy atom. The van der Waals surface area contributed by atoms with Gasteiger partial charge in [0, 0.05) is 6.04 Å². The Balaban J connectivity index is 1.89. The first kappa shape index (κ1) is 15.0. The van der Waals surface area contributed by atoms with Gasteiger partial charge in [-0.3, -0.25) is 10.1 Å². The number of aryl methyl sites for hydroxylation is 1. The molecule has 1 aliphatic rings. The molecule has 4 heteroatoms. The number of benzene rings is 1. The third-order valence-electron chi connectivity index (χ3n) is 4.27. The number of methoxy groups -OCH3 is 1. The maximum atomic E-state index is 12.8. The van der Waals surface area contributed by atoms with Crippen molar-refractivity contribution in [1.29, 1.82) is 0 Å². The van der Waals surface area contributed by atoms with Crippen LogP contribution in [0.3, 0.4) is 0 Å². The van der Waals surface area contributed by atoms with Crippen molar-refractivity contribution in [3.05, 3.63) is 35.6 Å². The molecule has 0 aromatic heterocycles. The van der Waals surface area contributed by atoms with Crippen LogP contribution in [0.5, 0.6) is 0 Å². The van der Waals surface area contributed by atoms with Gasteiger partial charge in [-0.1, -0.05) is 19.1 Å². The minimum atomic E-state index is -0.512. The summed E-state index contributed by atoms with van der Waals surface area (Å²) in [5, 5.41) is 3.44. The molecule has 110 valence electrons. The molecule has 3 nitrogen and oxygen atoms in total. The van der Waals surface area contributed by atoms with Gasteiger partial charge in [0.1, 0.15) is 11.4 Å². The van der Waals surface area contributed by atoms with E-state index in [2.05, 4.69) is 5.32 Å². The number of hydrogen-bond donors (Lipinski definition) is 1. The van der Waals surface area contributed by atoms with Crippen LogP contribution in [0.2, 0.25) is 0 Å². The van der Waals surface area contributed by atoms with Crippen LogP contribution in [-0.2, 0) is 16.0 Å². The number of nitrogens with one attached hydrogen (secondary N) is 1. The third kappa shape index (κ3) is 3.18. The first-order valence-electron chi connectivity index (χ1n) is 7.20. The Hall–Kier alpha value is -1.42. The summed E-state index contributed by atoms with van der Waals surface area (Å²) in [6, 6.07) is 6.93. The van der Waals surface area contributed by atoms with Gasteiger partial charge in [-0.15, -0.1) is 0 Å². The molecule has 20 heavy (non-hydrogen) atoms. The fraction of sp³-hybridized carbons (Fsp3) is 0.562. The fourth-order valence-corrected chi connectivity index (χ4v) is 2.94. The summed E-state index contributed by atoms with van der Waals surface area (Å²) in [7, 11) is 1.44. The molecule has 1 aromatic carbocycles. The molecular weight excluding hydrogens is 257 g/mol.